The molecule has 116 valence electrons. The number of nitrogens with one attached hydrogen (secondary N) is 1. The minimum Gasteiger partial charge on any atom is -0.370 e. The van der Waals surface area contributed by atoms with Crippen LogP contribution in [0.2, 0.25) is 0 Å². The van der Waals surface area contributed by atoms with E-state index in [2.05, 4.69) is 35.6 Å². The van der Waals surface area contributed by atoms with Crippen molar-refractivity contribution in [3.8, 4) is 0 Å². The summed E-state index contributed by atoms with van der Waals surface area (Å²) in [7, 11) is 0. The van der Waals surface area contributed by atoms with Gasteiger partial charge in [-0.2, -0.15) is 0 Å². The van der Waals surface area contributed by atoms with Crippen LogP contribution in [0.3, 0.4) is 0 Å². The minimum atomic E-state index is 0.551. The van der Waals surface area contributed by atoms with Crippen molar-refractivity contribution in [2.45, 2.75) is 40.0 Å². The summed E-state index contributed by atoms with van der Waals surface area (Å²) < 4.78 is 0. The number of likely N-dealkylation sites (tertiary alicyclic amines) is 1. The molecule has 0 bridgehead atoms. The summed E-state index contributed by atoms with van der Waals surface area (Å²) in [6, 6.07) is 0. The van der Waals surface area contributed by atoms with Crippen LogP contribution < -0.4 is 11.1 Å². The summed E-state index contributed by atoms with van der Waals surface area (Å²) in [6.45, 7) is 15.6. The summed E-state index contributed by atoms with van der Waals surface area (Å²) in [6.07, 6.45) is 3.83. The Morgan fingerprint density at radius 1 is 1.40 bits per heavy atom. The molecule has 20 heavy (non-hydrogen) atoms. The fourth-order valence-corrected chi connectivity index (χ4v) is 2.38. The predicted molar refractivity (Wildman–Crippen MR) is 87.9 cm³/mol. The standard InChI is InChI=1S/C16H32N4/c1-13(2)5-8-20-9-6-15(7-10-20)12-19-16(17)18-11-14(3)4/h13,15H,3,5-12H2,1-2,4H3,(H3,17,18,19). The average molecular weight is 280 g/mol. The Balaban J connectivity index is 2.16. The molecule has 0 aromatic carbocycles. The Hall–Kier alpha value is -1.03. The number of rotatable bonds is 7. The maximum atomic E-state index is 5.83. The highest BCUT2D eigenvalue weighted by molar-refractivity contribution is 5.77. The quantitative estimate of drug-likeness (QED) is 0.427. The van der Waals surface area contributed by atoms with Gasteiger partial charge in [0.15, 0.2) is 5.96 Å². The van der Waals surface area contributed by atoms with Crippen LogP contribution in [-0.2, 0) is 0 Å². The molecule has 0 aliphatic carbocycles. The molecule has 0 aromatic heterocycles. The van der Waals surface area contributed by atoms with Crippen LogP contribution in [0.1, 0.15) is 40.0 Å². The first-order chi connectivity index (χ1) is 9.47. The molecule has 1 aliphatic rings. The molecular formula is C16H32N4. The first-order valence-electron chi connectivity index (χ1n) is 7.88. The second kappa shape index (κ2) is 9.01. The maximum Gasteiger partial charge on any atom is 0.188 e. The largest absolute Gasteiger partial charge is 0.370 e. The molecule has 0 unspecified atom stereocenters. The van der Waals surface area contributed by atoms with Crippen LogP contribution in [0.15, 0.2) is 17.1 Å². The SMILES string of the molecule is C=C(C)CN=C(N)NCC1CCN(CCC(C)C)CC1. The molecule has 3 N–H and O–H groups in total. The summed E-state index contributed by atoms with van der Waals surface area (Å²) in [5.74, 6) is 2.08. The Labute approximate surface area is 124 Å². The number of hydrogen-bond donors (Lipinski definition) is 2. The molecule has 4 heteroatoms. The van der Waals surface area contributed by atoms with Crippen LogP contribution in [0.4, 0.5) is 0 Å². The number of nitrogens with zero attached hydrogens (tertiary/aromatic N) is 2. The molecular weight excluding hydrogens is 248 g/mol. The highest BCUT2D eigenvalue weighted by Crippen LogP contribution is 2.17. The lowest BCUT2D eigenvalue weighted by Crippen LogP contribution is -2.41. The lowest BCUT2D eigenvalue weighted by Gasteiger charge is -2.32. The zero-order chi connectivity index (χ0) is 15.0. The van der Waals surface area contributed by atoms with Gasteiger partial charge < -0.3 is 16.0 Å². The summed E-state index contributed by atoms with van der Waals surface area (Å²) in [5.41, 5.74) is 6.87. The molecule has 0 radical (unpaired) electrons. The molecule has 1 saturated heterocycles. The van der Waals surface area contributed by atoms with Gasteiger partial charge in [-0.3, -0.25) is 0 Å². The van der Waals surface area contributed by atoms with Crippen LogP contribution in [0.5, 0.6) is 0 Å². The van der Waals surface area contributed by atoms with E-state index in [9.17, 15) is 0 Å². The van der Waals surface area contributed by atoms with Crippen molar-refractivity contribution in [3.05, 3.63) is 12.2 Å². The van der Waals surface area contributed by atoms with E-state index >= 15 is 0 Å². The van der Waals surface area contributed by atoms with Gasteiger partial charge in [-0.15, -0.1) is 0 Å². The lowest BCUT2D eigenvalue weighted by molar-refractivity contribution is 0.177. The van der Waals surface area contributed by atoms with Crippen molar-refractivity contribution in [1.29, 1.82) is 0 Å². The molecule has 0 spiro atoms. The van der Waals surface area contributed by atoms with Crippen LogP contribution >= 0.6 is 0 Å². The molecule has 0 atom stereocenters. The first kappa shape index (κ1) is 17.0. The molecule has 0 amide bonds. The van der Waals surface area contributed by atoms with E-state index in [0.29, 0.717) is 12.5 Å². The van der Waals surface area contributed by atoms with E-state index in [1.54, 1.807) is 0 Å². The fourth-order valence-electron chi connectivity index (χ4n) is 2.38. The van der Waals surface area contributed by atoms with Gasteiger partial charge in [0.2, 0.25) is 0 Å². The van der Waals surface area contributed by atoms with Gasteiger partial charge in [-0.1, -0.05) is 26.0 Å². The molecule has 4 nitrogen and oxygen atoms in total. The van der Waals surface area contributed by atoms with Crippen LogP contribution in [0.25, 0.3) is 0 Å². The van der Waals surface area contributed by atoms with Gasteiger partial charge in [-0.25, -0.2) is 4.99 Å². The third-order valence-electron chi connectivity index (χ3n) is 3.82. The number of nitrogens with two attached hydrogens (primary N) is 1. The summed E-state index contributed by atoms with van der Waals surface area (Å²) >= 11 is 0. The second-order valence-electron chi connectivity index (χ2n) is 6.51. The number of piperidine rings is 1. The molecule has 0 aromatic rings. The van der Waals surface area contributed by atoms with Crippen molar-refractivity contribution < 1.29 is 0 Å². The van der Waals surface area contributed by atoms with Gasteiger partial charge in [0.1, 0.15) is 0 Å². The predicted octanol–water partition coefficient (Wildman–Crippen LogP) is 2.22. The van der Waals surface area contributed by atoms with E-state index < -0.39 is 0 Å². The fraction of sp³-hybridized carbons (Fsp3) is 0.812. The molecule has 1 heterocycles. The van der Waals surface area contributed by atoms with Gasteiger partial charge in [0.05, 0.1) is 6.54 Å². The van der Waals surface area contributed by atoms with Gasteiger partial charge in [-0.05, 0) is 57.7 Å². The van der Waals surface area contributed by atoms with E-state index in [0.717, 1.165) is 24.0 Å². The van der Waals surface area contributed by atoms with E-state index in [-0.39, 0.29) is 0 Å². The third kappa shape index (κ3) is 7.53. The lowest BCUT2D eigenvalue weighted by atomic mass is 9.96. The van der Waals surface area contributed by atoms with Gasteiger partial charge in [0, 0.05) is 6.54 Å². The Morgan fingerprint density at radius 3 is 2.60 bits per heavy atom. The Morgan fingerprint density at radius 2 is 2.05 bits per heavy atom. The zero-order valence-corrected chi connectivity index (χ0v) is 13.5. The van der Waals surface area contributed by atoms with E-state index in [4.69, 9.17) is 5.73 Å². The smallest absolute Gasteiger partial charge is 0.188 e. The normalized spacial score (nSPS) is 18.5. The zero-order valence-electron chi connectivity index (χ0n) is 13.5. The summed E-state index contributed by atoms with van der Waals surface area (Å²) in [5, 5.41) is 3.24. The highest BCUT2D eigenvalue weighted by Gasteiger charge is 2.18. The maximum absolute atomic E-state index is 5.83. The Kier molecular flexibility index (Phi) is 7.67. The van der Waals surface area contributed by atoms with Crippen molar-refractivity contribution in [2.24, 2.45) is 22.6 Å². The number of hydrogen-bond acceptors (Lipinski definition) is 2. The highest BCUT2D eigenvalue weighted by atomic mass is 15.1. The van der Waals surface area contributed by atoms with Crippen molar-refractivity contribution in [1.82, 2.24) is 10.2 Å². The van der Waals surface area contributed by atoms with E-state index in [1.807, 2.05) is 6.92 Å². The van der Waals surface area contributed by atoms with Crippen LogP contribution in [-0.4, -0.2) is 43.6 Å². The van der Waals surface area contributed by atoms with Crippen LogP contribution in [0, 0.1) is 11.8 Å². The third-order valence-corrected chi connectivity index (χ3v) is 3.82. The molecule has 1 rings (SSSR count). The first-order valence-corrected chi connectivity index (χ1v) is 7.88. The average Bonchev–Trinajstić information content (AvgIpc) is 2.41. The number of guanidine groups is 1. The van der Waals surface area contributed by atoms with Gasteiger partial charge >= 0.3 is 0 Å². The van der Waals surface area contributed by atoms with Crippen molar-refractivity contribution in [2.75, 3.05) is 32.7 Å². The number of aliphatic imine (C=N–C) groups is 1. The molecule has 0 saturated carbocycles. The molecule has 1 aliphatic heterocycles. The topological polar surface area (TPSA) is 53.6 Å². The minimum absolute atomic E-state index is 0.551. The summed E-state index contributed by atoms with van der Waals surface area (Å²) in [4.78, 5) is 6.84. The second-order valence-corrected chi connectivity index (χ2v) is 6.51. The Bertz CT molecular complexity index is 314. The van der Waals surface area contributed by atoms with Gasteiger partial charge in [0.25, 0.3) is 0 Å². The van der Waals surface area contributed by atoms with Crippen molar-refractivity contribution >= 4 is 5.96 Å². The monoisotopic (exact) mass is 280 g/mol. The van der Waals surface area contributed by atoms with E-state index in [1.165, 1.54) is 38.9 Å². The molecule has 1 fully saturated rings. The van der Waals surface area contributed by atoms with Crippen molar-refractivity contribution in [3.63, 3.8) is 0 Å².